The van der Waals surface area contributed by atoms with Crippen molar-refractivity contribution in [3.8, 4) is 0 Å². The van der Waals surface area contributed by atoms with Gasteiger partial charge in [0.15, 0.2) is 0 Å². The summed E-state index contributed by atoms with van der Waals surface area (Å²) in [4.78, 5) is 12.4. The van der Waals surface area contributed by atoms with Crippen molar-refractivity contribution in [1.29, 1.82) is 0 Å². The number of nitrogens with one attached hydrogen (secondary N) is 1. The summed E-state index contributed by atoms with van der Waals surface area (Å²) in [6.45, 7) is 4.37. The quantitative estimate of drug-likeness (QED) is 0.0453. The van der Waals surface area contributed by atoms with Crippen molar-refractivity contribution < 1.29 is 22.9 Å². The van der Waals surface area contributed by atoms with Gasteiger partial charge in [0, 0.05) is 6.42 Å². The Kier molecular flexibility index (Phi) is 27.7. The molecule has 240 valence electrons. The van der Waals surface area contributed by atoms with Crippen LogP contribution in [0.3, 0.4) is 0 Å². The van der Waals surface area contributed by atoms with Gasteiger partial charge in [0.05, 0.1) is 17.9 Å². The normalized spacial score (nSPS) is 14.0. The van der Waals surface area contributed by atoms with Gasteiger partial charge in [-0.15, -0.1) is 0 Å². The van der Waals surface area contributed by atoms with Crippen molar-refractivity contribution in [1.82, 2.24) is 5.32 Å². The predicted molar refractivity (Wildman–Crippen MR) is 175 cm³/mol. The maximum absolute atomic E-state index is 12.4. The molecule has 0 aliphatic heterocycles. The van der Waals surface area contributed by atoms with Crippen LogP contribution in [0, 0.1) is 0 Å². The molecular formula is C34H63NO5S. The van der Waals surface area contributed by atoms with Crippen LogP contribution >= 0.6 is 0 Å². The van der Waals surface area contributed by atoms with Crippen LogP contribution in [-0.2, 0) is 14.9 Å². The van der Waals surface area contributed by atoms with Crippen LogP contribution in [0.5, 0.6) is 0 Å². The minimum atomic E-state index is -4.34. The number of rotatable bonds is 29. The maximum atomic E-state index is 12.4. The summed E-state index contributed by atoms with van der Waals surface area (Å²) in [5, 5.41) is 13.1. The minimum absolute atomic E-state index is 0.287. The first-order chi connectivity index (χ1) is 19.8. The zero-order valence-electron chi connectivity index (χ0n) is 26.4. The molecule has 3 N–H and O–H groups in total. The van der Waals surface area contributed by atoms with Crippen LogP contribution in [-0.4, -0.2) is 41.9 Å². The fourth-order valence-electron chi connectivity index (χ4n) is 4.84. The predicted octanol–water partition coefficient (Wildman–Crippen LogP) is 9.01. The summed E-state index contributed by atoms with van der Waals surface area (Å²) in [6, 6.07) is -1.07. The van der Waals surface area contributed by atoms with Gasteiger partial charge >= 0.3 is 0 Å². The van der Waals surface area contributed by atoms with Crippen molar-refractivity contribution in [3.63, 3.8) is 0 Å². The highest BCUT2D eigenvalue weighted by atomic mass is 32.2. The van der Waals surface area contributed by atoms with Crippen LogP contribution in [0.15, 0.2) is 36.5 Å². The number of unbranched alkanes of at least 4 members (excludes halogenated alkanes) is 17. The molecule has 0 rings (SSSR count). The number of carbonyl (C=O) groups excluding carboxylic acids is 1. The van der Waals surface area contributed by atoms with Gasteiger partial charge in [0.25, 0.3) is 10.1 Å². The molecule has 0 heterocycles. The van der Waals surface area contributed by atoms with Crippen molar-refractivity contribution in [2.75, 3.05) is 5.75 Å². The summed E-state index contributed by atoms with van der Waals surface area (Å²) >= 11 is 0. The molecule has 1 amide bonds. The Morgan fingerprint density at radius 1 is 0.659 bits per heavy atom. The molecule has 0 saturated heterocycles. The van der Waals surface area contributed by atoms with E-state index in [1.165, 1.54) is 89.5 Å². The highest BCUT2D eigenvalue weighted by Gasteiger charge is 2.24. The Labute approximate surface area is 253 Å². The van der Waals surface area contributed by atoms with E-state index < -0.39 is 28.0 Å². The van der Waals surface area contributed by atoms with Crippen LogP contribution in [0.1, 0.15) is 155 Å². The van der Waals surface area contributed by atoms with E-state index in [4.69, 9.17) is 0 Å². The first-order valence-corrected chi connectivity index (χ1v) is 18.3. The molecule has 0 bridgehead atoms. The molecule has 0 aromatic carbocycles. The smallest absolute Gasteiger partial charge is 0.267 e. The number of carbonyl (C=O) groups is 1. The average Bonchev–Trinajstić information content (AvgIpc) is 2.92. The number of amides is 1. The van der Waals surface area contributed by atoms with E-state index in [1.807, 2.05) is 0 Å². The van der Waals surface area contributed by atoms with Crippen molar-refractivity contribution >= 4 is 16.0 Å². The largest absolute Gasteiger partial charge is 0.387 e. The first-order valence-electron chi connectivity index (χ1n) is 16.7. The molecule has 2 unspecified atom stereocenters. The van der Waals surface area contributed by atoms with Crippen LogP contribution in [0.2, 0.25) is 0 Å². The molecule has 0 aliphatic carbocycles. The third-order valence-electron chi connectivity index (χ3n) is 7.31. The standard InChI is InChI=1S/C34H63NO5S/c1-3-5-7-9-11-13-15-16-17-18-19-20-22-24-26-28-30-34(37)35-32(31-41(38,39)40)33(36)29-27-25-23-21-14-12-10-8-6-4-2/h6,8,14,21,27,29,32-33,36H,3-5,7,9-13,15-20,22-26,28,30-31H2,1-2H3,(H,35,37)(H,38,39,40)/b8-6+,21-14+,29-27+. The minimum Gasteiger partial charge on any atom is -0.387 e. The van der Waals surface area contributed by atoms with Gasteiger partial charge in [-0.1, -0.05) is 147 Å². The first kappa shape index (κ1) is 39.6. The van der Waals surface area contributed by atoms with Gasteiger partial charge in [0.2, 0.25) is 5.91 Å². The molecule has 0 aliphatic rings. The van der Waals surface area contributed by atoms with E-state index in [9.17, 15) is 22.9 Å². The molecule has 0 aromatic heterocycles. The highest BCUT2D eigenvalue weighted by Crippen LogP contribution is 2.14. The summed E-state index contributed by atoms with van der Waals surface area (Å²) in [7, 11) is -4.34. The van der Waals surface area contributed by atoms with Crippen molar-refractivity contribution in [2.24, 2.45) is 0 Å². The molecule has 2 atom stereocenters. The fourth-order valence-corrected chi connectivity index (χ4v) is 5.57. The molecule has 0 radical (unpaired) electrons. The number of aliphatic hydroxyl groups excluding tert-OH is 1. The molecule has 7 heteroatoms. The van der Waals surface area contributed by atoms with E-state index >= 15 is 0 Å². The zero-order valence-corrected chi connectivity index (χ0v) is 27.2. The lowest BCUT2D eigenvalue weighted by atomic mass is 10.0. The Morgan fingerprint density at radius 2 is 1.07 bits per heavy atom. The highest BCUT2D eigenvalue weighted by molar-refractivity contribution is 7.85. The number of hydrogen-bond acceptors (Lipinski definition) is 4. The second-order valence-corrected chi connectivity index (χ2v) is 12.9. The van der Waals surface area contributed by atoms with Gasteiger partial charge in [0.1, 0.15) is 0 Å². The molecule has 0 fully saturated rings. The van der Waals surface area contributed by atoms with Crippen molar-refractivity contribution in [2.45, 2.75) is 167 Å². The summed E-state index contributed by atoms with van der Waals surface area (Å²) in [6.07, 6.45) is 35.7. The molecule has 0 spiro atoms. The summed E-state index contributed by atoms with van der Waals surface area (Å²) < 4.78 is 32.2. The van der Waals surface area contributed by atoms with E-state index in [0.717, 1.165) is 44.9 Å². The van der Waals surface area contributed by atoms with Gasteiger partial charge in [-0.2, -0.15) is 8.42 Å². The van der Waals surface area contributed by atoms with Gasteiger partial charge in [-0.05, 0) is 38.5 Å². The third kappa shape index (κ3) is 29.8. The van der Waals surface area contributed by atoms with Gasteiger partial charge < -0.3 is 10.4 Å². The number of hydrogen-bond donors (Lipinski definition) is 3. The lowest BCUT2D eigenvalue weighted by Crippen LogP contribution is -2.46. The molecule has 6 nitrogen and oxygen atoms in total. The number of allylic oxidation sites excluding steroid dienone is 5. The Hall–Kier alpha value is -1.44. The fraction of sp³-hybridized carbons (Fsp3) is 0.794. The molecule has 0 aromatic rings. The Bertz CT molecular complexity index is 791. The second-order valence-electron chi connectivity index (χ2n) is 11.4. The monoisotopic (exact) mass is 597 g/mol. The Balaban J connectivity index is 4.01. The molecular weight excluding hydrogens is 534 g/mol. The van der Waals surface area contributed by atoms with E-state index in [0.29, 0.717) is 6.42 Å². The third-order valence-corrected chi connectivity index (χ3v) is 8.09. The summed E-state index contributed by atoms with van der Waals surface area (Å²) in [5.41, 5.74) is 0. The maximum Gasteiger partial charge on any atom is 0.267 e. The van der Waals surface area contributed by atoms with Crippen LogP contribution < -0.4 is 5.32 Å². The second kappa shape index (κ2) is 28.7. The van der Waals surface area contributed by atoms with Gasteiger partial charge in [-0.25, -0.2) is 0 Å². The number of aliphatic hydroxyl groups is 1. The van der Waals surface area contributed by atoms with E-state index in [1.54, 1.807) is 6.08 Å². The SMILES string of the molecule is CC/C=C/CC/C=C/CC/C=C/C(O)C(CS(=O)(=O)O)NC(=O)CCCCCCCCCCCCCCCCCC. The van der Waals surface area contributed by atoms with Gasteiger partial charge in [-0.3, -0.25) is 9.35 Å². The lowest BCUT2D eigenvalue weighted by molar-refractivity contribution is -0.122. The van der Waals surface area contributed by atoms with E-state index in [-0.39, 0.29) is 12.3 Å². The topological polar surface area (TPSA) is 104 Å². The average molecular weight is 598 g/mol. The lowest BCUT2D eigenvalue weighted by Gasteiger charge is -2.21. The molecule has 0 saturated carbocycles. The van der Waals surface area contributed by atoms with Crippen LogP contribution in [0.4, 0.5) is 0 Å². The summed E-state index contributed by atoms with van der Waals surface area (Å²) in [5.74, 6) is -1.01. The van der Waals surface area contributed by atoms with Crippen molar-refractivity contribution in [3.05, 3.63) is 36.5 Å². The molecule has 41 heavy (non-hydrogen) atoms. The van der Waals surface area contributed by atoms with E-state index in [2.05, 4.69) is 43.5 Å². The zero-order chi connectivity index (χ0) is 30.4. The van der Waals surface area contributed by atoms with Crippen LogP contribution in [0.25, 0.3) is 0 Å². The Morgan fingerprint density at radius 3 is 1.51 bits per heavy atom.